The number of hydrogen-bond donors (Lipinski definition) is 0. The van der Waals surface area contributed by atoms with Crippen LogP contribution in [0.25, 0.3) is 0 Å². The molecule has 0 bridgehead atoms. The Morgan fingerprint density at radius 2 is 1.04 bits per heavy atom. The second-order valence-corrected chi connectivity index (χ2v) is 6.07. The van der Waals surface area contributed by atoms with Crippen LogP contribution in [0.15, 0.2) is 47.6 Å². The number of rotatable bonds is 8. The standard InChI is InChI=1S/C11H11.3C4H9O.Zr/c1-2-6-10(5-1)9-11-7-3-4-8-11;3*1-2-3-4-5;/h1-5,7,9H,6,8H2;3*2-4H2,1H3;/q4*-1;+4. The smallest absolute Gasteiger partial charge is 0.854 e. The van der Waals surface area contributed by atoms with Gasteiger partial charge in [0, 0.05) is 0 Å². The molecule has 0 aromatic heterocycles. The van der Waals surface area contributed by atoms with Crippen molar-refractivity contribution in [2.75, 3.05) is 19.8 Å². The Kier molecular flexibility index (Phi) is 32.2. The minimum atomic E-state index is 0. The molecule has 0 saturated heterocycles. The van der Waals surface area contributed by atoms with Crippen molar-refractivity contribution >= 4 is 0 Å². The van der Waals surface area contributed by atoms with Crippen LogP contribution in [0, 0.1) is 6.42 Å². The third-order valence-corrected chi connectivity index (χ3v) is 3.46. The molecule has 0 amide bonds. The summed E-state index contributed by atoms with van der Waals surface area (Å²) in [6.07, 6.45) is 23.1. The maximum Gasteiger partial charge on any atom is 4.00 e. The second kappa shape index (κ2) is 27.8. The fourth-order valence-electron chi connectivity index (χ4n) is 1.81. The first-order valence-corrected chi connectivity index (χ1v) is 10.00. The van der Waals surface area contributed by atoms with E-state index < -0.39 is 0 Å². The van der Waals surface area contributed by atoms with Gasteiger partial charge in [0.25, 0.3) is 0 Å². The molecule has 0 saturated carbocycles. The molecule has 0 aromatic carbocycles. The quantitative estimate of drug-likeness (QED) is 0.529. The Balaban J connectivity index is -0.000000311. The molecule has 2 aliphatic rings. The van der Waals surface area contributed by atoms with Gasteiger partial charge in [-0.25, -0.2) is 0 Å². The molecule has 2 aliphatic carbocycles. The summed E-state index contributed by atoms with van der Waals surface area (Å²) in [5.74, 6) is 0. The molecule has 0 spiro atoms. The normalized spacial score (nSPS) is 13.0. The van der Waals surface area contributed by atoms with Crippen molar-refractivity contribution in [2.24, 2.45) is 0 Å². The third-order valence-electron chi connectivity index (χ3n) is 3.46. The Morgan fingerprint density at radius 1 is 0.704 bits per heavy atom. The largest absolute Gasteiger partial charge is 4.00 e. The Hall–Kier alpha value is -0.407. The van der Waals surface area contributed by atoms with Crippen LogP contribution in [-0.4, -0.2) is 19.8 Å². The van der Waals surface area contributed by atoms with E-state index in [0.29, 0.717) is 0 Å². The molecule has 0 N–H and O–H groups in total. The molecule has 27 heavy (non-hydrogen) atoms. The maximum atomic E-state index is 9.53. The maximum absolute atomic E-state index is 9.53. The molecule has 0 aromatic rings. The van der Waals surface area contributed by atoms with Crippen LogP contribution >= 0.6 is 0 Å². The SMILES string of the molecule is C1=CCC([CH-]C2=CC=CC2)=C1.CCCC[O-].CCCC[O-].CCCC[O-].[Zr+4]. The van der Waals surface area contributed by atoms with Crippen molar-refractivity contribution in [3.63, 3.8) is 0 Å². The van der Waals surface area contributed by atoms with Gasteiger partial charge in [-0.15, -0.1) is 32.0 Å². The van der Waals surface area contributed by atoms with E-state index in [-0.39, 0.29) is 46.0 Å². The van der Waals surface area contributed by atoms with E-state index in [1.807, 2.05) is 20.8 Å². The van der Waals surface area contributed by atoms with Crippen molar-refractivity contribution < 1.29 is 41.5 Å². The first-order valence-electron chi connectivity index (χ1n) is 10.00. The van der Waals surface area contributed by atoms with Gasteiger partial charge in [-0.3, -0.25) is 0 Å². The summed E-state index contributed by atoms with van der Waals surface area (Å²) < 4.78 is 0. The summed E-state index contributed by atoms with van der Waals surface area (Å²) in [5, 5.41) is 28.6. The zero-order valence-electron chi connectivity index (χ0n) is 17.5. The van der Waals surface area contributed by atoms with Gasteiger partial charge in [0.05, 0.1) is 0 Å². The first-order chi connectivity index (χ1) is 12.7. The van der Waals surface area contributed by atoms with Crippen LogP contribution in [0.4, 0.5) is 0 Å². The fraction of sp³-hybridized carbons (Fsp3) is 0.609. The van der Waals surface area contributed by atoms with Crippen molar-refractivity contribution in [2.45, 2.75) is 72.1 Å². The zero-order valence-corrected chi connectivity index (χ0v) is 20.0. The van der Waals surface area contributed by atoms with E-state index in [1.165, 1.54) is 11.1 Å². The molecular weight excluding hydrogens is 415 g/mol. The Morgan fingerprint density at radius 3 is 1.19 bits per heavy atom. The monoisotopic (exact) mass is 452 g/mol. The fourth-order valence-corrected chi connectivity index (χ4v) is 1.81. The molecule has 3 nitrogen and oxygen atoms in total. The van der Waals surface area contributed by atoms with Gasteiger partial charge in [0.2, 0.25) is 0 Å². The van der Waals surface area contributed by atoms with Crippen LogP contribution in [0.5, 0.6) is 0 Å². The summed E-state index contributed by atoms with van der Waals surface area (Å²) in [7, 11) is 0. The summed E-state index contributed by atoms with van der Waals surface area (Å²) in [6.45, 7) is 6.32. The zero-order chi connectivity index (χ0) is 19.9. The van der Waals surface area contributed by atoms with E-state index in [4.69, 9.17) is 0 Å². The predicted molar refractivity (Wildman–Crippen MR) is 107 cm³/mol. The number of hydrogen-bond acceptors (Lipinski definition) is 3. The summed E-state index contributed by atoms with van der Waals surface area (Å²) in [6, 6.07) is 0. The molecule has 0 heterocycles. The van der Waals surface area contributed by atoms with E-state index in [1.54, 1.807) is 0 Å². The van der Waals surface area contributed by atoms with Gasteiger partial charge < -0.3 is 15.3 Å². The molecule has 0 fully saturated rings. The van der Waals surface area contributed by atoms with Crippen LogP contribution in [0.1, 0.15) is 72.1 Å². The molecule has 152 valence electrons. The molecule has 4 heteroatoms. The van der Waals surface area contributed by atoms with E-state index in [9.17, 15) is 15.3 Å². The van der Waals surface area contributed by atoms with E-state index in [2.05, 4.69) is 42.9 Å². The molecule has 2 rings (SSSR count). The molecule has 0 unspecified atom stereocenters. The second-order valence-electron chi connectivity index (χ2n) is 6.07. The van der Waals surface area contributed by atoms with Crippen molar-refractivity contribution in [3.05, 3.63) is 54.0 Å². The Bertz CT molecular complexity index is 350. The van der Waals surface area contributed by atoms with Gasteiger partial charge >= 0.3 is 26.2 Å². The van der Waals surface area contributed by atoms with Gasteiger partial charge in [-0.05, 0) is 12.8 Å². The van der Waals surface area contributed by atoms with Crippen LogP contribution in [0.3, 0.4) is 0 Å². The van der Waals surface area contributed by atoms with E-state index in [0.717, 1.165) is 51.4 Å². The summed E-state index contributed by atoms with van der Waals surface area (Å²) >= 11 is 0. The molecule has 0 aliphatic heterocycles. The minimum absolute atomic E-state index is 0. The van der Waals surface area contributed by atoms with Crippen molar-refractivity contribution in [3.8, 4) is 0 Å². The van der Waals surface area contributed by atoms with Crippen molar-refractivity contribution in [1.82, 2.24) is 0 Å². The van der Waals surface area contributed by atoms with Gasteiger partial charge in [0.15, 0.2) is 0 Å². The minimum Gasteiger partial charge on any atom is -0.854 e. The van der Waals surface area contributed by atoms with Gasteiger partial charge in [-0.1, -0.05) is 71.4 Å². The third kappa shape index (κ3) is 25.6. The Labute approximate surface area is 187 Å². The molecule has 0 atom stereocenters. The van der Waals surface area contributed by atoms with Crippen LogP contribution in [-0.2, 0) is 26.2 Å². The average molecular weight is 454 g/mol. The number of allylic oxidation sites excluding steroid dienone is 8. The number of unbranched alkanes of at least 4 members (excludes halogenated alkanes) is 3. The summed E-state index contributed by atoms with van der Waals surface area (Å²) in [5.41, 5.74) is 2.86. The average Bonchev–Trinajstić information content (AvgIpc) is 3.33. The van der Waals surface area contributed by atoms with Crippen LogP contribution in [0.2, 0.25) is 0 Å². The predicted octanol–water partition coefficient (Wildman–Crippen LogP) is 3.40. The summed E-state index contributed by atoms with van der Waals surface area (Å²) in [4.78, 5) is 0. The molecule has 0 radical (unpaired) electrons. The van der Waals surface area contributed by atoms with Gasteiger partial charge in [0.1, 0.15) is 0 Å². The van der Waals surface area contributed by atoms with Crippen molar-refractivity contribution in [1.29, 1.82) is 0 Å². The van der Waals surface area contributed by atoms with Crippen LogP contribution < -0.4 is 15.3 Å². The molecular formula is C23H38O3Zr. The van der Waals surface area contributed by atoms with E-state index >= 15 is 0 Å². The topological polar surface area (TPSA) is 69.2 Å². The first kappa shape index (κ1) is 31.3. The van der Waals surface area contributed by atoms with Gasteiger partial charge in [-0.2, -0.15) is 29.7 Å².